The number of rotatable bonds is 6. The number of benzene rings is 1. The quantitative estimate of drug-likeness (QED) is 0.640. The smallest absolute Gasteiger partial charge is 0.287 e. The summed E-state index contributed by atoms with van der Waals surface area (Å²) >= 11 is 5.70. The molecule has 0 radical (unpaired) electrons. The summed E-state index contributed by atoms with van der Waals surface area (Å²) in [4.78, 5) is 16.6. The number of hydrogen-bond donors (Lipinski definition) is 1. The lowest BCUT2D eigenvalue weighted by atomic mass is 10.2. The minimum absolute atomic E-state index is 0.116. The second kappa shape index (κ2) is 6.49. The molecular formula is C11H15ClN2O5S. The van der Waals surface area contributed by atoms with Gasteiger partial charge in [0.15, 0.2) is 0 Å². The Bertz CT molecular complexity index is 615. The van der Waals surface area contributed by atoms with E-state index in [4.69, 9.17) is 16.4 Å². The van der Waals surface area contributed by atoms with Gasteiger partial charge in [0.25, 0.3) is 15.7 Å². The van der Waals surface area contributed by atoms with E-state index in [1.54, 1.807) is 0 Å². The second-order valence-electron chi connectivity index (χ2n) is 4.62. The van der Waals surface area contributed by atoms with Gasteiger partial charge >= 0.3 is 0 Å². The number of nitro benzene ring substituents is 1. The number of nitrogens with zero attached hydrogens (tertiary/aromatic N) is 1. The van der Waals surface area contributed by atoms with Gasteiger partial charge in [0.1, 0.15) is 5.02 Å². The Balaban J connectivity index is 3.11. The summed E-state index contributed by atoms with van der Waals surface area (Å²) < 4.78 is 24.0. The van der Waals surface area contributed by atoms with E-state index in [2.05, 4.69) is 0 Å². The van der Waals surface area contributed by atoms with Crippen molar-refractivity contribution in [3.8, 4) is 0 Å². The molecule has 20 heavy (non-hydrogen) atoms. The van der Waals surface area contributed by atoms with Gasteiger partial charge in [0, 0.05) is 6.07 Å². The van der Waals surface area contributed by atoms with Crippen LogP contribution < -0.4 is 4.89 Å². The van der Waals surface area contributed by atoms with Crippen molar-refractivity contribution in [2.24, 2.45) is 5.92 Å². The third-order valence-electron chi connectivity index (χ3n) is 2.32. The maximum absolute atomic E-state index is 12.0. The molecule has 7 nitrogen and oxygen atoms in total. The van der Waals surface area contributed by atoms with Crippen molar-refractivity contribution in [1.82, 2.24) is 4.89 Å². The number of nitro groups is 1. The van der Waals surface area contributed by atoms with E-state index in [1.807, 2.05) is 18.7 Å². The topological polar surface area (TPSA) is 98.5 Å². The van der Waals surface area contributed by atoms with Gasteiger partial charge in [-0.15, -0.1) is 0 Å². The van der Waals surface area contributed by atoms with E-state index in [0.29, 0.717) is 5.56 Å². The predicted octanol–water partition coefficient (Wildman–Crippen LogP) is 2.42. The summed E-state index contributed by atoms with van der Waals surface area (Å²) in [6.45, 7) is 5.39. The molecule has 0 unspecified atom stereocenters. The first-order valence-corrected chi connectivity index (χ1v) is 7.59. The van der Waals surface area contributed by atoms with Gasteiger partial charge in [-0.05, 0) is 24.5 Å². The number of halogens is 1. The van der Waals surface area contributed by atoms with E-state index in [1.165, 1.54) is 13.0 Å². The maximum Gasteiger partial charge on any atom is 0.289 e. The average molecular weight is 323 g/mol. The van der Waals surface area contributed by atoms with Crippen molar-refractivity contribution in [3.05, 3.63) is 32.8 Å². The lowest BCUT2D eigenvalue weighted by Gasteiger charge is -2.11. The molecule has 1 rings (SSSR count). The standard InChI is InChI=1S/C11H15ClN2O5S/c1-7(2)6-19-13-20(17,18)11-5-10(14(15)16)9(12)4-8(11)3/h4-5,7,13H,6H2,1-3H3. The minimum Gasteiger partial charge on any atom is -0.287 e. The lowest BCUT2D eigenvalue weighted by molar-refractivity contribution is -0.384. The SMILES string of the molecule is Cc1cc(Cl)c([N+](=O)[O-])cc1S(=O)(=O)NOCC(C)C. The highest BCUT2D eigenvalue weighted by atomic mass is 35.5. The fraction of sp³-hybridized carbons (Fsp3) is 0.455. The first-order chi connectivity index (χ1) is 9.15. The molecule has 0 aliphatic rings. The van der Waals surface area contributed by atoms with Crippen LogP contribution in [-0.4, -0.2) is 19.9 Å². The van der Waals surface area contributed by atoms with E-state index < -0.39 is 20.6 Å². The van der Waals surface area contributed by atoms with Gasteiger partial charge in [-0.25, -0.2) is 8.42 Å². The molecule has 0 heterocycles. The Morgan fingerprint density at radius 1 is 1.45 bits per heavy atom. The number of nitrogens with one attached hydrogen (secondary N) is 1. The van der Waals surface area contributed by atoms with Crippen LogP contribution in [0.2, 0.25) is 5.02 Å². The zero-order chi connectivity index (χ0) is 15.5. The first kappa shape index (κ1) is 16.8. The van der Waals surface area contributed by atoms with Gasteiger partial charge in [-0.1, -0.05) is 30.3 Å². The van der Waals surface area contributed by atoms with Crippen LogP contribution in [0.5, 0.6) is 0 Å². The molecule has 0 saturated heterocycles. The molecule has 112 valence electrons. The minimum atomic E-state index is -3.99. The van der Waals surface area contributed by atoms with E-state index in [9.17, 15) is 18.5 Å². The summed E-state index contributed by atoms with van der Waals surface area (Å²) in [5.74, 6) is 0.137. The van der Waals surface area contributed by atoms with Crippen LogP contribution in [0.4, 0.5) is 5.69 Å². The highest BCUT2D eigenvalue weighted by Gasteiger charge is 2.23. The molecule has 0 aliphatic heterocycles. The summed E-state index contributed by atoms with van der Waals surface area (Å²) in [6.07, 6.45) is 0. The van der Waals surface area contributed by atoms with Crippen LogP contribution in [0, 0.1) is 23.0 Å². The molecule has 0 saturated carbocycles. The fourth-order valence-corrected chi connectivity index (χ4v) is 2.74. The molecule has 1 aromatic rings. The van der Waals surface area contributed by atoms with E-state index in [-0.39, 0.29) is 22.4 Å². The molecule has 1 N–H and O–H groups in total. The third-order valence-corrected chi connectivity index (χ3v) is 3.97. The number of hydrogen-bond acceptors (Lipinski definition) is 5. The van der Waals surface area contributed by atoms with Crippen molar-refractivity contribution in [2.75, 3.05) is 6.61 Å². The monoisotopic (exact) mass is 322 g/mol. The average Bonchev–Trinajstić information content (AvgIpc) is 2.26. The Kier molecular flexibility index (Phi) is 5.46. The molecule has 0 atom stereocenters. The first-order valence-electron chi connectivity index (χ1n) is 5.73. The highest BCUT2D eigenvalue weighted by molar-refractivity contribution is 7.89. The summed E-state index contributed by atoms with van der Waals surface area (Å²) in [5, 5.41) is 10.7. The maximum atomic E-state index is 12.0. The van der Waals surface area contributed by atoms with Gasteiger partial charge in [-0.3, -0.25) is 15.0 Å². The molecular weight excluding hydrogens is 308 g/mol. The van der Waals surface area contributed by atoms with Gasteiger partial charge in [-0.2, -0.15) is 0 Å². The van der Waals surface area contributed by atoms with Crippen molar-refractivity contribution in [3.63, 3.8) is 0 Å². The molecule has 0 bridgehead atoms. The summed E-state index contributed by atoms with van der Waals surface area (Å²) in [6, 6.07) is 2.15. The van der Waals surface area contributed by atoms with E-state index >= 15 is 0 Å². The number of aryl methyl sites for hydroxylation is 1. The molecule has 1 aromatic carbocycles. The molecule has 0 fully saturated rings. The van der Waals surface area contributed by atoms with Crippen LogP contribution in [0.15, 0.2) is 17.0 Å². The molecule has 9 heteroatoms. The molecule has 0 aliphatic carbocycles. The van der Waals surface area contributed by atoms with Crippen LogP contribution in [0.25, 0.3) is 0 Å². The van der Waals surface area contributed by atoms with Crippen LogP contribution in [-0.2, 0) is 14.9 Å². The van der Waals surface area contributed by atoms with Crippen molar-refractivity contribution in [2.45, 2.75) is 25.7 Å². The zero-order valence-electron chi connectivity index (χ0n) is 11.2. The fourth-order valence-electron chi connectivity index (χ4n) is 1.39. The molecule has 0 aromatic heterocycles. The summed E-state index contributed by atoms with van der Waals surface area (Å²) in [5.41, 5.74) is -0.178. The van der Waals surface area contributed by atoms with Crippen LogP contribution in [0.3, 0.4) is 0 Å². The Morgan fingerprint density at radius 3 is 2.55 bits per heavy atom. The van der Waals surface area contributed by atoms with Gasteiger partial charge < -0.3 is 0 Å². The zero-order valence-corrected chi connectivity index (χ0v) is 12.8. The van der Waals surface area contributed by atoms with Crippen LogP contribution >= 0.6 is 11.6 Å². The summed E-state index contributed by atoms with van der Waals surface area (Å²) in [7, 11) is -3.99. The van der Waals surface area contributed by atoms with Gasteiger partial charge in [0.05, 0.1) is 16.4 Å². The van der Waals surface area contributed by atoms with Crippen molar-refractivity contribution >= 4 is 27.3 Å². The Hall–Kier alpha value is -1.22. The second-order valence-corrected chi connectivity index (χ2v) is 6.64. The highest BCUT2D eigenvalue weighted by Crippen LogP contribution is 2.29. The molecule has 0 amide bonds. The van der Waals surface area contributed by atoms with Gasteiger partial charge in [0.2, 0.25) is 0 Å². The Morgan fingerprint density at radius 2 is 2.05 bits per heavy atom. The third kappa shape index (κ3) is 4.14. The van der Waals surface area contributed by atoms with E-state index in [0.717, 1.165) is 6.07 Å². The largest absolute Gasteiger partial charge is 0.289 e. The van der Waals surface area contributed by atoms with Crippen LogP contribution in [0.1, 0.15) is 19.4 Å². The molecule has 0 spiro atoms. The predicted molar refractivity (Wildman–Crippen MR) is 74.0 cm³/mol. The van der Waals surface area contributed by atoms with Crippen molar-refractivity contribution < 1.29 is 18.2 Å². The normalized spacial score (nSPS) is 11.8. The Labute approximate surface area is 122 Å². The van der Waals surface area contributed by atoms with Crippen molar-refractivity contribution in [1.29, 1.82) is 0 Å². The number of sulfonamides is 1. The lowest BCUT2D eigenvalue weighted by Crippen LogP contribution is -2.26.